The van der Waals surface area contributed by atoms with Crippen molar-refractivity contribution in [2.75, 3.05) is 19.1 Å². The lowest BCUT2D eigenvalue weighted by atomic mass is 9.99. The van der Waals surface area contributed by atoms with Gasteiger partial charge in [0.1, 0.15) is 23.3 Å². The molecule has 9 heteroatoms. The van der Waals surface area contributed by atoms with Gasteiger partial charge in [-0.15, -0.1) is 0 Å². The highest BCUT2D eigenvalue weighted by Crippen LogP contribution is 2.45. The SMILES string of the molecule is COc1ccccc1N1C(=O)C(=O)/C(=C(\O)c2cc(Cl)c(OC)c(Cl)c2)C1c1ccco1. The zero-order chi connectivity index (χ0) is 23.0. The number of aliphatic hydroxyl groups excluding tert-OH is 1. The molecule has 0 spiro atoms. The van der Waals surface area contributed by atoms with Crippen molar-refractivity contribution in [3.05, 3.63) is 81.7 Å². The summed E-state index contributed by atoms with van der Waals surface area (Å²) in [6.07, 6.45) is 1.42. The van der Waals surface area contributed by atoms with Crippen LogP contribution in [0, 0.1) is 0 Å². The molecular formula is C23H17Cl2NO6. The Kier molecular flexibility index (Phi) is 5.86. The highest BCUT2D eigenvalue weighted by atomic mass is 35.5. The molecule has 2 aromatic carbocycles. The number of ether oxygens (including phenoxy) is 2. The maximum Gasteiger partial charge on any atom is 0.300 e. The smallest absolute Gasteiger partial charge is 0.300 e. The number of hydrogen-bond donors (Lipinski definition) is 1. The number of para-hydroxylation sites is 2. The predicted octanol–water partition coefficient (Wildman–Crippen LogP) is 5.23. The number of ketones is 1. The second-order valence-corrected chi connectivity index (χ2v) is 7.64. The number of carbonyl (C=O) groups excluding carboxylic acids is 2. The summed E-state index contributed by atoms with van der Waals surface area (Å²) >= 11 is 12.4. The number of anilines is 1. The van der Waals surface area contributed by atoms with Gasteiger partial charge in [0, 0.05) is 5.56 Å². The van der Waals surface area contributed by atoms with E-state index >= 15 is 0 Å². The van der Waals surface area contributed by atoms with E-state index in [0.29, 0.717) is 11.4 Å². The van der Waals surface area contributed by atoms with Gasteiger partial charge in [-0.1, -0.05) is 35.3 Å². The Labute approximate surface area is 193 Å². The lowest BCUT2D eigenvalue weighted by molar-refractivity contribution is -0.132. The number of Topliss-reactive ketones (excluding diaryl/α,β-unsaturated/α-hetero) is 1. The highest BCUT2D eigenvalue weighted by Gasteiger charge is 2.49. The van der Waals surface area contributed by atoms with Crippen LogP contribution in [0.4, 0.5) is 5.69 Å². The average Bonchev–Trinajstić information content (AvgIpc) is 3.40. The maximum absolute atomic E-state index is 13.1. The maximum atomic E-state index is 13.1. The molecule has 164 valence electrons. The Morgan fingerprint density at radius 1 is 1.03 bits per heavy atom. The van der Waals surface area contributed by atoms with Gasteiger partial charge in [-0.05, 0) is 36.4 Å². The van der Waals surface area contributed by atoms with Crippen molar-refractivity contribution >= 4 is 46.3 Å². The van der Waals surface area contributed by atoms with Gasteiger partial charge in [-0.2, -0.15) is 0 Å². The molecule has 1 aliphatic heterocycles. The average molecular weight is 474 g/mol. The molecule has 1 atom stereocenters. The van der Waals surface area contributed by atoms with Crippen molar-refractivity contribution in [2.45, 2.75) is 6.04 Å². The Morgan fingerprint density at radius 2 is 1.72 bits per heavy atom. The lowest BCUT2D eigenvalue weighted by Crippen LogP contribution is -2.29. The van der Waals surface area contributed by atoms with Crippen LogP contribution in [0.25, 0.3) is 5.76 Å². The number of carbonyl (C=O) groups is 2. The van der Waals surface area contributed by atoms with Crippen LogP contribution < -0.4 is 14.4 Å². The summed E-state index contributed by atoms with van der Waals surface area (Å²) in [5.74, 6) is -1.31. The highest BCUT2D eigenvalue weighted by molar-refractivity contribution is 6.52. The molecule has 1 amide bonds. The quantitative estimate of drug-likeness (QED) is 0.310. The van der Waals surface area contributed by atoms with E-state index in [2.05, 4.69) is 0 Å². The Morgan fingerprint density at radius 3 is 2.31 bits per heavy atom. The molecule has 3 aromatic rings. The number of methoxy groups -OCH3 is 2. The minimum atomic E-state index is -1.04. The van der Waals surface area contributed by atoms with Crippen molar-refractivity contribution in [3.63, 3.8) is 0 Å². The Balaban J connectivity index is 1.95. The first-order valence-electron chi connectivity index (χ1n) is 9.39. The summed E-state index contributed by atoms with van der Waals surface area (Å²) in [6, 6.07) is 11.7. The molecule has 1 unspecified atom stereocenters. The second-order valence-electron chi connectivity index (χ2n) is 6.83. The van der Waals surface area contributed by atoms with Crippen LogP contribution >= 0.6 is 23.2 Å². The molecule has 1 fully saturated rings. The number of aliphatic hydroxyl groups is 1. The van der Waals surface area contributed by atoms with E-state index in [0.717, 1.165) is 0 Å². The van der Waals surface area contributed by atoms with Crippen molar-refractivity contribution in [2.24, 2.45) is 0 Å². The lowest BCUT2D eigenvalue weighted by Gasteiger charge is -2.25. The largest absolute Gasteiger partial charge is 0.507 e. The fraction of sp³-hybridized carbons (Fsp3) is 0.130. The van der Waals surface area contributed by atoms with Crippen molar-refractivity contribution in [3.8, 4) is 11.5 Å². The monoisotopic (exact) mass is 473 g/mol. The first-order chi connectivity index (χ1) is 15.4. The van der Waals surface area contributed by atoms with E-state index in [4.69, 9.17) is 37.1 Å². The first kappa shape index (κ1) is 21.8. The standard InChI is InChI=1S/C23H17Cl2NO6/c1-30-16-7-4-3-6-15(16)26-19(17-8-5-9-32-17)18(21(28)23(26)29)20(27)12-10-13(24)22(31-2)14(25)11-12/h3-11,19,27H,1-2H3/b20-18-. The third-order valence-electron chi connectivity index (χ3n) is 5.08. The van der Waals surface area contributed by atoms with E-state index in [-0.39, 0.29) is 32.7 Å². The number of hydrogen-bond acceptors (Lipinski definition) is 6. The zero-order valence-electron chi connectivity index (χ0n) is 17.0. The number of furan rings is 1. The van der Waals surface area contributed by atoms with Crippen LogP contribution in [0.15, 0.2) is 64.8 Å². The van der Waals surface area contributed by atoms with E-state index < -0.39 is 23.5 Å². The van der Waals surface area contributed by atoms with E-state index in [9.17, 15) is 14.7 Å². The first-order valence-corrected chi connectivity index (χ1v) is 10.2. The van der Waals surface area contributed by atoms with E-state index in [1.807, 2.05) is 0 Å². The minimum Gasteiger partial charge on any atom is -0.507 e. The summed E-state index contributed by atoms with van der Waals surface area (Å²) in [5, 5.41) is 11.4. The molecule has 32 heavy (non-hydrogen) atoms. The van der Waals surface area contributed by atoms with Crippen LogP contribution in [0.3, 0.4) is 0 Å². The molecule has 0 radical (unpaired) electrons. The number of nitrogens with zero attached hydrogens (tertiary/aromatic N) is 1. The number of amides is 1. The molecule has 1 saturated heterocycles. The zero-order valence-corrected chi connectivity index (χ0v) is 18.5. The molecule has 1 N–H and O–H groups in total. The number of rotatable bonds is 5. The summed E-state index contributed by atoms with van der Waals surface area (Å²) in [6.45, 7) is 0. The molecule has 0 aliphatic carbocycles. The van der Waals surface area contributed by atoms with Gasteiger partial charge in [0.05, 0.1) is 41.8 Å². The fourth-order valence-electron chi connectivity index (χ4n) is 3.67. The van der Waals surface area contributed by atoms with Gasteiger partial charge in [0.2, 0.25) is 0 Å². The summed E-state index contributed by atoms with van der Waals surface area (Å²) < 4.78 is 16.1. The van der Waals surface area contributed by atoms with Gasteiger partial charge in [0.25, 0.3) is 11.7 Å². The van der Waals surface area contributed by atoms with E-state index in [1.54, 1.807) is 36.4 Å². The molecule has 7 nitrogen and oxygen atoms in total. The van der Waals surface area contributed by atoms with Crippen LogP contribution in [0.1, 0.15) is 17.4 Å². The van der Waals surface area contributed by atoms with E-state index in [1.165, 1.54) is 37.5 Å². The van der Waals surface area contributed by atoms with Crippen molar-refractivity contribution in [1.29, 1.82) is 0 Å². The molecule has 2 heterocycles. The molecule has 1 aromatic heterocycles. The van der Waals surface area contributed by atoms with Crippen LogP contribution in [-0.4, -0.2) is 31.0 Å². The molecule has 0 saturated carbocycles. The van der Waals surface area contributed by atoms with Gasteiger partial charge < -0.3 is 19.0 Å². The minimum absolute atomic E-state index is 0.134. The number of benzene rings is 2. The predicted molar refractivity (Wildman–Crippen MR) is 119 cm³/mol. The van der Waals surface area contributed by atoms with Crippen LogP contribution in [-0.2, 0) is 9.59 Å². The summed E-state index contributed by atoms with van der Waals surface area (Å²) in [5.41, 5.74) is 0.326. The Hall–Kier alpha value is -3.42. The topological polar surface area (TPSA) is 89.2 Å². The normalized spacial score (nSPS) is 17.6. The van der Waals surface area contributed by atoms with Crippen molar-refractivity contribution < 1.29 is 28.6 Å². The van der Waals surface area contributed by atoms with Gasteiger partial charge in [0.15, 0.2) is 5.75 Å². The fourth-order valence-corrected chi connectivity index (χ4v) is 4.31. The van der Waals surface area contributed by atoms with Crippen molar-refractivity contribution in [1.82, 2.24) is 0 Å². The summed E-state index contributed by atoms with van der Waals surface area (Å²) in [7, 11) is 2.86. The second kappa shape index (κ2) is 8.61. The van der Waals surface area contributed by atoms with Gasteiger partial charge in [-0.3, -0.25) is 14.5 Å². The Bertz CT molecular complexity index is 1210. The number of halogens is 2. The molecular weight excluding hydrogens is 457 g/mol. The third-order valence-corrected chi connectivity index (χ3v) is 5.64. The van der Waals surface area contributed by atoms with Crippen LogP contribution in [0.2, 0.25) is 10.0 Å². The van der Waals surface area contributed by atoms with Crippen LogP contribution in [0.5, 0.6) is 11.5 Å². The molecule has 4 rings (SSSR count). The van der Waals surface area contributed by atoms with Gasteiger partial charge >= 0.3 is 0 Å². The van der Waals surface area contributed by atoms with Gasteiger partial charge in [-0.25, -0.2) is 0 Å². The molecule has 0 bridgehead atoms. The third kappa shape index (κ3) is 3.49. The summed E-state index contributed by atoms with van der Waals surface area (Å²) in [4.78, 5) is 27.5. The molecule has 1 aliphatic rings.